The van der Waals surface area contributed by atoms with Gasteiger partial charge in [-0.05, 0) is 43.0 Å². The number of hydrogen-bond acceptors (Lipinski definition) is 5. The van der Waals surface area contributed by atoms with E-state index in [0.29, 0.717) is 5.82 Å². The molecule has 1 unspecified atom stereocenters. The van der Waals surface area contributed by atoms with Crippen molar-refractivity contribution >= 4 is 11.5 Å². The largest absolute Gasteiger partial charge is 0.363 e. The van der Waals surface area contributed by atoms with Gasteiger partial charge in [0.2, 0.25) is 0 Å². The van der Waals surface area contributed by atoms with E-state index in [4.69, 9.17) is 0 Å². The molecule has 0 saturated carbocycles. The molecule has 1 aromatic heterocycles. The van der Waals surface area contributed by atoms with Gasteiger partial charge in [-0.15, -0.1) is 0 Å². The minimum absolute atomic E-state index is 0.0577. The topological polar surface area (TPSA) is 81.0 Å². The molecule has 1 N–H and O–H groups in total. The van der Waals surface area contributed by atoms with Crippen molar-refractivity contribution in [3.8, 4) is 11.4 Å². The number of nitro benzene ring substituents is 1. The van der Waals surface area contributed by atoms with Gasteiger partial charge in [-0.3, -0.25) is 10.1 Å². The van der Waals surface area contributed by atoms with Gasteiger partial charge in [0.1, 0.15) is 5.82 Å². The predicted octanol–water partition coefficient (Wildman–Crippen LogP) is 4.46. The number of benzene rings is 2. The Hall–Kier alpha value is -3.28. The molecule has 0 saturated heterocycles. The van der Waals surface area contributed by atoms with Crippen molar-refractivity contribution in [3.63, 3.8) is 0 Å². The van der Waals surface area contributed by atoms with E-state index in [1.54, 1.807) is 12.1 Å². The second-order valence-electron chi connectivity index (χ2n) is 6.46. The summed E-state index contributed by atoms with van der Waals surface area (Å²) in [5.74, 6) is 1.33. The third-order valence-electron chi connectivity index (χ3n) is 4.65. The number of nitro groups is 1. The van der Waals surface area contributed by atoms with Crippen LogP contribution in [-0.4, -0.2) is 14.9 Å². The molecule has 0 bridgehead atoms. The molecule has 0 amide bonds. The van der Waals surface area contributed by atoms with Gasteiger partial charge >= 0.3 is 0 Å². The Labute approximate surface area is 151 Å². The molecular formula is C20H18N4O2. The van der Waals surface area contributed by atoms with E-state index in [-0.39, 0.29) is 11.7 Å². The Bertz CT molecular complexity index is 970. The van der Waals surface area contributed by atoms with Gasteiger partial charge < -0.3 is 5.32 Å². The van der Waals surface area contributed by atoms with Gasteiger partial charge in [0.15, 0.2) is 5.82 Å². The molecule has 0 fully saturated rings. The lowest BCUT2D eigenvalue weighted by Crippen LogP contribution is -2.09. The molecule has 26 heavy (non-hydrogen) atoms. The second-order valence-corrected chi connectivity index (χ2v) is 6.46. The number of fused-ring (bicyclic) bond motifs is 1. The third kappa shape index (κ3) is 3.13. The lowest BCUT2D eigenvalue weighted by molar-refractivity contribution is -0.384. The van der Waals surface area contributed by atoms with E-state index in [2.05, 4.69) is 39.6 Å². The summed E-state index contributed by atoms with van der Waals surface area (Å²) in [6.07, 6.45) is 2.10. The Morgan fingerprint density at radius 1 is 1.12 bits per heavy atom. The van der Waals surface area contributed by atoms with Crippen LogP contribution in [0.15, 0.2) is 54.6 Å². The van der Waals surface area contributed by atoms with Crippen molar-refractivity contribution in [1.29, 1.82) is 0 Å². The highest BCUT2D eigenvalue weighted by Gasteiger charge is 2.22. The number of anilines is 1. The van der Waals surface area contributed by atoms with Crippen molar-refractivity contribution in [2.75, 3.05) is 5.32 Å². The second kappa shape index (κ2) is 6.55. The molecule has 6 nitrogen and oxygen atoms in total. The highest BCUT2D eigenvalue weighted by molar-refractivity contribution is 5.60. The van der Waals surface area contributed by atoms with Crippen molar-refractivity contribution < 1.29 is 4.92 Å². The molecule has 1 atom stereocenters. The summed E-state index contributed by atoms with van der Waals surface area (Å²) in [6, 6.07) is 16.9. The first-order chi connectivity index (χ1) is 12.6. The molecule has 3 aromatic rings. The zero-order valence-corrected chi connectivity index (χ0v) is 14.3. The minimum Gasteiger partial charge on any atom is -0.363 e. The summed E-state index contributed by atoms with van der Waals surface area (Å²) < 4.78 is 0. The van der Waals surface area contributed by atoms with Crippen LogP contribution < -0.4 is 5.32 Å². The van der Waals surface area contributed by atoms with Gasteiger partial charge in [-0.2, -0.15) is 0 Å². The van der Waals surface area contributed by atoms with Gasteiger partial charge in [-0.25, -0.2) is 9.97 Å². The average Bonchev–Trinajstić information content (AvgIpc) is 3.04. The van der Waals surface area contributed by atoms with Crippen LogP contribution in [0.25, 0.3) is 11.4 Å². The molecule has 1 heterocycles. The molecule has 130 valence electrons. The maximum Gasteiger partial charge on any atom is 0.269 e. The molecular weight excluding hydrogens is 328 g/mol. The summed E-state index contributed by atoms with van der Waals surface area (Å²) >= 11 is 0. The van der Waals surface area contributed by atoms with Gasteiger partial charge in [-0.1, -0.05) is 24.3 Å². The van der Waals surface area contributed by atoms with Crippen LogP contribution in [0.4, 0.5) is 11.5 Å². The summed E-state index contributed by atoms with van der Waals surface area (Å²) in [5, 5.41) is 14.3. The van der Waals surface area contributed by atoms with Crippen LogP contribution in [0, 0.1) is 17.0 Å². The number of aryl methyl sites for hydroxylation is 2. The van der Waals surface area contributed by atoms with Crippen LogP contribution in [-0.2, 0) is 6.42 Å². The lowest BCUT2D eigenvalue weighted by Gasteiger charge is -2.16. The van der Waals surface area contributed by atoms with Crippen molar-refractivity contribution in [2.24, 2.45) is 0 Å². The Balaban J connectivity index is 1.62. The van der Waals surface area contributed by atoms with Crippen LogP contribution in [0.1, 0.15) is 29.3 Å². The zero-order valence-electron chi connectivity index (χ0n) is 14.3. The Morgan fingerprint density at radius 3 is 2.65 bits per heavy atom. The van der Waals surface area contributed by atoms with E-state index >= 15 is 0 Å². The van der Waals surface area contributed by atoms with Gasteiger partial charge in [0.25, 0.3) is 5.69 Å². The van der Waals surface area contributed by atoms with Crippen LogP contribution in [0.3, 0.4) is 0 Å². The summed E-state index contributed by atoms with van der Waals surface area (Å²) in [7, 11) is 0. The quantitative estimate of drug-likeness (QED) is 0.557. The highest BCUT2D eigenvalue weighted by atomic mass is 16.6. The van der Waals surface area contributed by atoms with E-state index in [9.17, 15) is 10.1 Å². The number of nitrogens with one attached hydrogen (secondary N) is 1. The molecule has 1 aliphatic rings. The van der Waals surface area contributed by atoms with Crippen molar-refractivity contribution in [1.82, 2.24) is 9.97 Å². The van der Waals surface area contributed by atoms with Crippen LogP contribution >= 0.6 is 0 Å². The normalized spacial score (nSPS) is 15.5. The number of non-ortho nitro benzene ring substituents is 1. The smallest absolute Gasteiger partial charge is 0.269 e. The van der Waals surface area contributed by atoms with Crippen LogP contribution in [0.5, 0.6) is 0 Å². The number of hydrogen-bond donors (Lipinski definition) is 1. The first-order valence-corrected chi connectivity index (χ1v) is 8.55. The zero-order chi connectivity index (χ0) is 18.1. The Morgan fingerprint density at radius 2 is 1.88 bits per heavy atom. The molecule has 4 rings (SSSR count). The molecule has 1 aliphatic carbocycles. The van der Waals surface area contributed by atoms with Gasteiger partial charge in [0, 0.05) is 29.5 Å². The van der Waals surface area contributed by atoms with Crippen molar-refractivity contribution in [2.45, 2.75) is 25.8 Å². The fourth-order valence-corrected chi connectivity index (χ4v) is 3.39. The standard InChI is InChI=1S/C20H18N4O2/c1-13-12-19(22-18-11-8-14-4-2-3-5-17(14)18)23-20(21-13)15-6-9-16(10-7-15)24(25)26/h2-7,9-10,12,18H,8,11H2,1H3,(H,21,22,23). The third-order valence-corrected chi connectivity index (χ3v) is 4.65. The minimum atomic E-state index is -0.411. The molecule has 0 aliphatic heterocycles. The monoisotopic (exact) mass is 346 g/mol. The molecule has 0 spiro atoms. The summed E-state index contributed by atoms with van der Waals surface area (Å²) in [4.78, 5) is 19.5. The number of aromatic nitrogens is 2. The van der Waals surface area contributed by atoms with E-state index < -0.39 is 4.92 Å². The highest BCUT2D eigenvalue weighted by Crippen LogP contribution is 2.33. The SMILES string of the molecule is Cc1cc(NC2CCc3ccccc32)nc(-c2ccc([N+](=O)[O-])cc2)n1. The number of rotatable bonds is 4. The predicted molar refractivity (Wildman–Crippen MR) is 100.0 cm³/mol. The summed E-state index contributed by atoms with van der Waals surface area (Å²) in [6.45, 7) is 1.92. The van der Waals surface area contributed by atoms with E-state index in [0.717, 1.165) is 29.9 Å². The van der Waals surface area contributed by atoms with Crippen molar-refractivity contribution in [3.05, 3.63) is 81.5 Å². The first kappa shape index (κ1) is 16.2. The Kier molecular flexibility index (Phi) is 4.08. The maximum absolute atomic E-state index is 10.8. The number of nitrogens with zero attached hydrogens (tertiary/aromatic N) is 3. The summed E-state index contributed by atoms with van der Waals surface area (Å²) in [5.41, 5.74) is 4.37. The fourth-order valence-electron chi connectivity index (χ4n) is 3.39. The van der Waals surface area contributed by atoms with Gasteiger partial charge in [0.05, 0.1) is 11.0 Å². The average molecular weight is 346 g/mol. The molecule has 2 aromatic carbocycles. The van der Waals surface area contributed by atoms with E-state index in [1.807, 2.05) is 13.0 Å². The van der Waals surface area contributed by atoms with E-state index in [1.165, 1.54) is 23.3 Å². The molecule has 6 heteroatoms. The fraction of sp³-hybridized carbons (Fsp3) is 0.200. The first-order valence-electron chi connectivity index (χ1n) is 8.55. The maximum atomic E-state index is 10.8. The molecule has 0 radical (unpaired) electrons. The van der Waals surface area contributed by atoms with Crippen LogP contribution in [0.2, 0.25) is 0 Å². The lowest BCUT2D eigenvalue weighted by atomic mass is 10.1.